The van der Waals surface area contributed by atoms with Crippen LogP contribution < -0.4 is 14.4 Å². The van der Waals surface area contributed by atoms with E-state index in [-0.39, 0.29) is 12.0 Å². The fourth-order valence-corrected chi connectivity index (χ4v) is 2.77. The lowest BCUT2D eigenvalue weighted by Gasteiger charge is -2.33. The molecule has 126 valence electrons. The van der Waals surface area contributed by atoms with E-state index in [2.05, 4.69) is 6.92 Å². The molecular formula is C20H23NO3. The first kappa shape index (κ1) is 16.4. The molecule has 1 amide bonds. The molecule has 1 aliphatic rings. The van der Waals surface area contributed by atoms with Crippen LogP contribution in [0.4, 0.5) is 5.69 Å². The monoisotopic (exact) mass is 325 g/mol. The van der Waals surface area contributed by atoms with Crippen molar-refractivity contribution >= 4 is 11.6 Å². The van der Waals surface area contributed by atoms with Gasteiger partial charge in [0.1, 0.15) is 17.6 Å². The van der Waals surface area contributed by atoms with Crippen molar-refractivity contribution in [1.29, 1.82) is 0 Å². The van der Waals surface area contributed by atoms with Crippen LogP contribution in [-0.4, -0.2) is 25.2 Å². The Labute approximate surface area is 143 Å². The van der Waals surface area contributed by atoms with E-state index in [1.54, 1.807) is 4.90 Å². The van der Waals surface area contributed by atoms with Crippen LogP contribution in [0.25, 0.3) is 0 Å². The van der Waals surface area contributed by atoms with Gasteiger partial charge in [0.15, 0.2) is 0 Å². The predicted octanol–water partition coefficient (Wildman–Crippen LogP) is 4.29. The lowest BCUT2D eigenvalue weighted by molar-refractivity contribution is 0.0961. The van der Waals surface area contributed by atoms with Gasteiger partial charge >= 0.3 is 0 Å². The number of para-hydroxylation sites is 2. The number of ether oxygens (including phenoxy) is 2. The van der Waals surface area contributed by atoms with Crippen molar-refractivity contribution in [2.45, 2.75) is 32.8 Å². The zero-order chi connectivity index (χ0) is 16.9. The number of carbonyl (C=O) groups is 1. The zero-order valence-corrected chi connectivity index (χ0v) is 14.2. The van der Waals surface area contributed by atoms with E-state index < -0.39 is 0 Å². The van der Waals surface area contributed by atoms with E-state index in [4.69, 9.17) is 9.47 Å². The van der Waals surface area contributed by atoms with E-state index in [9.17, 15) is 4.79 Å². The van der Waals surface area contributed by atoms with Gasteiger partial charge in [-0.15, -0.1) is 0 Å². The molecule has 4 heteroatoms. The minimum Gasteiger partial charge on any atom is -0.494 e. The Hall–Kier alpha value is -2.49. The van der Waals surface area contributed by atoms with E-state index in [0.717, 1.165) is 30.0 Å². The fraction of sp³-hybridized carbons (Fsp3) is 0.350. The van der Waals surface area contributed by atoms with Gasteiger partial charge in [-0.3, -0.25) is 4.79 Å². The van der Waals surface area contributed by atoms with Crippen LogP contribution in [-0.2, 0) is 0 Å². The Morgan fingerprint density at radius 2 is 1.96 bits per heavy atom. The third-order valence-electron chi connectivity index (χ3n) is 4.04. The third-order valence-corrected chi connectivity index (χ3v) is 4.04. The summed E-state index contributed by atoms with van der Waals surface area (Å²) in [5.74, 6) is 1.54. The molecule has 1 atom stereocenters. The lowest BCUT2D eigenvalue weighted by Crippen LogP contribution is -2.42. The van der Waals surface area contributed by atoms with Crippen molar-refractivity contribution in [1.82, 2.24) is 0 Å². The van der Waals surface area contributed by atoms with Gasteiger partial charge in [-0.1, -0.05) is 25.5 Å². The second-order valence-electron chi connectivity index (χ2n) is 6.04. The van der Waals surface area contributed by atoms with Crippen LogP contribution in [0.5, 0.6) is 11.5 Å². The van der Waals surface area contributed by atoms with E-state index in [0.29, 0.717) is 18.7 Å². The van der Waals surface area contributed by atoms with Crippen LogP contribution in [0.1, 0.15) is 37.0 Å². The molecule has 4 nitrogen and oxygen atoms in total. The number of rotatable bonds is 5. The maximum Gasteiger partial charge on any atom is 0.258 e. The number of fused-ring (bicyclic) bond motifs is 1. The van der Waals surface area contributed by atoms with Crippen molar-refractivity contribution in [3.05, 3.63) is 54.1 Å². The molecule has 1 heterocycles. The summed E-state index contributed by atoms with van der Waals surface area (Å²) in [6.07, 6.45) is 2.11. The SMILES string of the molecule is CCCCOc1ccc(C(=O)N2C[C@@H](C)Oc3ccccc32)cc1. The molecule has 0 radical (unpaired) electrons. The minimum atomic E-state index is -0.0273. The predicted molar refractivity (Wildman–Crippen MR) is 95.1 cm³/mol. The largest absolute Gasteiger partial charge is 0.494 e. The quantitative estimate of drug-likeness (QED) is 0.770. The molecule has 0 spiro atoms. The number of unbranched alkanes of at least 4 members (excludes halogenated alkanes) is 1. The van der Waals surface area contributed by atoms with Gasteiger partial charge < -0.3 is 14.4 Å². The fourth-order valence-electron chi connectivity index (χ4n) is 2.77. The van der Waals surface area contributed by atoms with Gasteiger partial charge in [-0.05, 0) is 49.7 Å². The van der Waals surface area contributed by atoms with Crippen LogP contribution in [0.15, 0.2) is 48.5 Å². The number of amides is 1. The molecule has 0 bridgehead atoms. The topological polar surface area (TPSA) is 38.8 Å². The van der Waals surface area contributed by atoms with E-state index in [1.165, 1.54) is 0 Å². The highest BCUT2D eigenvalue weighted by molar-refractivity contribution is 6.07. The first-order valence-corrected chi connectivity index (χ1v) is 8.49. The highest BCUT2D eigenvalue weighted by Crippen LogP contribution is 2.34. The summed E-state index contributed by atoms with van der Waals surface area (Å²) < 4.78 is 11.5. The number of carbonyl (C=O) groups excluding carboxylic acids is 1. The number of hydrogen-bond acceptors (Lipinski definition) is 3. The second-order valence-corrected chi connectivity index (χ2v) is 6.04. The lowest BCUT2D eigenvalue weighted by atomic mass is 10.1. The zero-order valence-electron chi connectivity index (χ0n) is 14.2. The smallest absolute Gasteiger partial charge is 0.258 e. The molecule has 0 aliphatic carbocycles. The van der Waals surface area contributed by atoms with Gasteiger partial charge in [0, 0.05) is 5.56 Å². The molecule has 24 heavy (non-hydrogen) atoms. The minimum absolute atomic E-state index is 0.0160. The van der Waals surface area contributed by atoms with Crippen LogP contribution in [0.3, 0.4) is 0 Å². The number of nitrogens with zero attached hydrogens (tertiary/aromatic N) is 1. The second kappa shape index (κ2) is 7.39. The average molecular weight is 325 g/mol. The Morgan fingerprint density at radius 3 is 2.71 bits per heavy atom. The van der Waals surface area contributed by atoms with Crippen molar-refractivity contribution < 1.29 is 14.3 Å². The Morgan fingerprint density at radius 1 is 1.21 bits per heavy atom. The van der Waals surface area contributed by atoms with Crippen molar-refractivity contribution in [3.63, 3.8) is 0 Å². The van der Waals surface area contributed by atoms with Crippen LogP contribution in [0.2, 0.25) is 0 Å². The van der Waals surface area contributed by atoms with Gasteiger partial charge in [0.2, 0.25) is 0 Å². The van der Waals surface area contributed by atoms with Gasteiger partial charge in [-0.2, -0.15) is 0 Å². The average Bonchev–Trinajstić information content (AvgIpc) is 2.61. The molecule has 1 aliphatic heterocycles. The van der Waals surface area contributed by atoms with E-state index in [1.807, 2.05) is 55.5 Å². The summed E-state index contributed by atoms with van der Waals surface area (Å²) in [5.41, 5.74) is 1.48. The van der Waals surface area contributed by atoms with Crippen molar-refractivity contribution in [2.24, 2.45) is 0 Å². The number of benzene rings is 2. The summed E-state index contributed by atoms with van der Waals surface area (Å²) in [5, 5.41) is 0. The Kier molecular flexibility index (Phi) is 5.04. The third kappa shape index (κ3) is 3.53. The first-order valence-electron chi connectivity index (χ1n) is 8.49. The van der Waals surface area contributed by atoms with Gasteiger partial charge in [-0.25, -0.2) is 0 Å². The molecule has 3 rings (SSSR count). The summed E-state index contributed by atoms with van der Waals surface area (Å²) >= 11 is 0. The Balaban J connectivity index is 1.77. The molecule has 0 saturated heterocycles. The number of hydrogen-bond donors (Lipinski definition) is 0. The summed E-state index contributed by atoms with van der Waals surface area (Å²) in [6.45, 7) is 5.36. The maximum atomic E-state index is 12.9. The first-order chi connectivity index (χ1) is 11.7. The highest BCUT2D eigenvalue weighted by Gasteiger charge is 2.27. The molecule has 0 aromatic heterocycles. The number of anilines is 1. The normalized spacial score (nSPS) is 16.2. The molecule has 0 unspecified atom stereocenters. The summed E-state index contributed by atoms with van der Waals surface area (Å²) in [7, 11) is 0. The van der Waals surface area contributed by atoms with Gasteiger partial charge in [0.05, 0.1) is 18.8 Å². The standard InChI is InChI=1S/C20H23NO3/c1-3-4-13-23-17-11-9-16(10-12-17)20(22)21-14-15(2)24-19-8-6-5-7-18(19)21/h5-12,15H,3-4,13-14H2,1-2H3/t15-/m1/s1. The van der Waals surface area contributed by atoms with Crippen molar-refractivity contribution in [2.75, 3.05) is 18.1 Å². The molecule has 2 aromatic rings. The van der Waals surface area contributed by atoms with Crippen LogP contribution >= 0.6 is 0 Å². The van der Waals surface area contributed by atoms with Gasteiger partial charge in [0.25, 0.3) is 5.91 Å². The summed E-state index contributed by atoms with van der Waals surface area (Å²) in [6, 6.07) is 15.0. The molecule has 2 aromatic carbocycles. The highest BCUT2D eigenvalue weighted by atomic mass is 16.5. The van der Waals surface area contributed by atoms with Crippen molar-refractivity contribution in [3.8, 4) is 11.5 Å². The molecule has 0 saturated carbocycles. The Bertz CT molecular complexity index is 696. The van der Waals surface area contributed by atoms with Crippen LogP contribution in [0, 0.1) is 0 Å². The summed E-state index contributed by atoms with van der Waals surface area (Å²) in [4.78, 5) is 14.7. The molecular weight excluding hydrogens is 302 g/mol. The molecule has 0 fully saturated rings. The van der Waals surface area contributed by atoms with E-state index >= 15 is 0 Å². The maximum absolute atomic E-state index is 12.9. The molecule has 0 N–H and O–H groups in total.